The monoisotopic (exact) mass is 314 g/mol. The maximum Gasteiger partial charge on any atom is 0.240 e. The molecule has 2 rings (SSSR count). The maximum absolute atomic E-state index is 12.1. The fourth-order valence-corrected chi connectivity index (χ4v) is 3.43. The van der Waals surface area contributed by atoms with Crippen molar-refractivity contribution in [1.29, 1.82) is 0 Å². The summed E-state index contributed by atoms with van der Waals surface area (Å²) >= 11 is 0. The van der Waals surface area contributed by atoms with Crippen LogP contribution in [0.3, 0.4) is 0 Å². The Bertz CT molecular complexity index is 568. The van der Waals surface area contributed by atoms with E-state index in [0.717, 1.165) is 12.8 Å². The smallest absolute Gasteiger partial charge is 0.240 e. The zero-order chi connectivity index (χ0) is 15.3. The topological polar surface area (TPSA) is 90.7 Å². The number of methoxy groups -OCH3 is 1. The molecule has 118 valence electrons. The number of nitrogen functional groups attached to an aromatic ring is 1. The van der Waals surface area contributed by atoms with Crippen molar-refractivity contribution >= 4 is 15.7 Å². The van der Waals surface area contributed by atoms with Gasteiger partial charge in [-0.15, -0.1) is 0 Å². The summed E-state index contributed by atoms with van der Waals surface area (Å²) in [5, 5.41) is 0. The normalized spacial score (nSPS) is 16.2. The van der Waals surface area contributed by atoms with Gasteiger partial charge in [-0.1, -0.05) is 12.8 Å². The van der Waals surface area contributed by atoms with Crippen molar-refractivity contribution in [3.05, 3.63) is 18.2 Å². The third-order valence-corrected chi connectivity index (χ3v) is 5.02. The lowest BCUT2D eigenvalue weighted by Gasteiger charge is -2.12. The predicted molar refractivity (Wildman–Crippen MR) is 80.8 cm³/mol. The molecule has 0 spiro atoms. The summed E-state index contributed by atoms with van der Waals surface area (Å²) in [6, 6.07) is 4.38. The molecule has 1 saturated carbocycles. The number of nitrogens with two attached hydrogens (primary N) is 1. The SMILES string of the molecule is COc1cc(S(=O)(=O)NCCOC2CCCC2)ccc1N. The Balaban J connectivity index is 1.88. The van der Waals surface area contributed by atoms with Crippen LogP contribution in [0.15, 0.2) is 23.1 Å². The lowest BCUT2D eigenvalue weighted by molar-refractivity contribution is 0.0626. The van der Waals surface area contributed by atoms with Gasteiger partial charge in [-0.25, -0.2) is 13.1 Å². The minimum atomic E-state index is -3.57. The van der Waals surface area contributed by atoms with Crippen molar-refractivity contribution in [2.24, 2.45) is 0 Å². The average Bonchev–Trinajstić information content (AvgIpc) is 2.97. The van der Waals surface area contributed by atoms with Gasteiger partial charge in [0.1, 0.15) is 5.75 Å². The average molecular weight is 314 g/mol. The van der Waals surface area contributed by atoms with Gasteiger partial charge in [-0.05, 0) is 25.0 Å². The lowest BCUT2D eigenvalue weighted by Crippen LogP contribution is -2.28. The van der Waals surface area contributed by atoms with Crippen molar-refractivity contribution in [3.63, 3.8) is 0 Å². The molecule has 0 radical (unpaired) electrons. The second-order valence-corrected chi connectivity index (χ2v) is 6.85. The van der Waals surface area contributed by atoms with E-state index in [4.69, 9.17) is 15.2 Å². The van der Waals surface area contributed by atoms with Gasteiger partial charge < -0.3 is 15.2 Å². The quantitative estimate of drug-likeness (QED) is 0.588. The first-order valence-electron chi connectivity index (χ1n) is 7.08. The number of ether oxygens (including phenoxy) is 2. The molecule has 0 saturated heterocycles. The minimum absolute atomic E-state index is 0.134. The molecule has 1 aliphatic rings. The van der Waals surface area contributed by atoms with E-state index >= 15 is 0 Å². The fraction of sp³-hybridized carbons (Fsp3) is 0.571. The molecular weight excluding hydrogens is 292 g/mol. The van der Waals surface area contributed by atoms with E-state index in [-0.39, 0.29) is 17.5 Å². The largest absolute Gasteiger partial charge is 0.495 e. The molecule has 1 fully saturated rings. The maximum atomic E-state index is 12.1. The molecular formula is C14H22N2O4S. The molecule has 0 aromatic heterocycles. The van der Waals surface area contributed by atoms with Gasteiger partial charge in [0, 0.05) is 12.6 Å². The van der Waals surface area contributed by atoms with Crippen molar-refractivity contribution in [1.82, 2.24) is 4.72 Å². The van der Waals surface area contributed by atoms with E-state index in [0.29, 0.717) is 18.0 Å². The number of hydrogen-bond acceptors (Lipinski definition) is 5. The highest BCUT2D eigenvalue weighted by molar-refractivity contribution is 7.89. The molecule has 0 atom stereocenters. The molecule has 6 nitrogen and oxygen atoms in total. The van der Waals surface area contributed by atoms with Crippen LogP contribution in [0, 0.1) is 0 Å². The van der Waals surface area contributed by atoms with E-state index < -0.39 is 10.0 Å². The van der Waals surface area contributed by atoms with E-state index in [1.807, 2.05) is 0 Å². The highest BCUT2D eigenvalue weighted by Crippen LogP contribution is 2.24. The second kappa shape index (κ2) is 7.11. The van der Waals surface area contributed by atoms with Gasteiger partial charge in [0.05, 0.1) is 30.4 Å². The molecule has 3 N–H and O–H groups in total. The fourth-order valence-electron chi connectivity index (χ4n) is 2.40. The van der Waals surface area contributed by atoms with Crippen molar-refractivity contribution in [2.75, 3.05) is 26.0 Å². The zero-order valence-electron chi connectivity index (χ0n) is 12.2. The van der Waals surface area contributed by atoms with Gasteiger partial charge in [-0.3, -0.25) is 0 Å². The molecule has 0 amide bonds. The summed E-state index contributed by atoms with van der Waals surface area (Å²) in [5.41, 5.74) is 6.08. The minimum Gasteiger partial charge on any atom is -0.495 e. The molecule has 1 aromatic carbocycles. The van der Waals surface area contributed by atoms with Gasteiger partial charge in [0.15, 0.2) is 0 Å². The molecule has 0 bridgehead atoms. The Hall–Kier alpha value is -1.31. The van der Waals surface area contributed by atoms with Gasteiger partial charge in [-0.2, -0.15) is 0 Å². The van der Waals surface area contributed by atoms with Crippen LogP contribution in [-0.4, -0.2) is 34.8 Å². The lowest BCUT2D eigenvalue weighted by atomic mass is 10.3. The van der Waals surface area contributed by atoms with Crippen molar-refractivity contribution in [3.8, 4) is 5.75 Å². The Kier molecular flexibility index (Phi) is 5.44. The molecule has 21 heavy (non-hydrogen) atoms. The van der Waals surface area contributed by atoms with Gasteiger partial charge >= 0.3 is 0 Å². The Morgan fingerprint density at radius 2 is 2.05 bits per heavy atom. The Morgan fingerprint density at radius 3 is 2.71 bits per heavy atom. The van der Waals surface area contributed by atoms with Crippen LogP contribution < -0.4 is 15.2 Å². The van der Waals surface area contributed by atoms with Crippen LogP contribution in [-0.2, 0) is 14.8 Å². The van der Waals surface area contributed by atoms with Gasteiger partial charge in [0.25, 0.3) is 0 Å². The first-order valence-corrected chi connectivity index (χ1v) is 8.56. The number of hydrogen-bond donors (Lipinski definition) is 2. The number of anilines is 1. The van der Waals surface area contributed by atoms with Crippen LogP contribution in [0.2, 0.25) is 0 Å². The van der Waals surface area contributed by atoms with Crippen LogP contribution in [0.1, 0.15) is 25.7 Å². The third kappa shape index (κ3) is 4.33. The van der Waals surface area contributed by atoms with Crippen LogP contribution in [0.4, 0.5) is 5.69 Å². The third-order valence-electron chi connectivity index (χ3n) is 3.57. The van der Waals surface area contributed by atoms with E-state index in [2.05, 4.69) is 4.72 Å². The summed E-state index contributed by atoms with van der Waals surface area (Å²) in [5.74, 6) is 0.347. The highest BCUT2D eigenvalue weighted by atomic mass is 32.2. The molecule has 1 aromatic rings. The van der Waals surface area contributed by atoms with E-state index in [1.165, 1.54) is 38.2 Å². The van der Waals surface area contributed by atoms with E-state index in [1.54, 1.807) is 0 Å². The molecule has 7 heteroatoms. The van der Waals surface area contributed by atoms with E-state index in [9.17, 15) is 8.42 Å². The predicted octanol–water partition coefficient (Wildman–Crippen LogP) is 1.51. The first-order chi connectivity index (χ1) is 10.0. The number of sulfonamides is 1. The van der Waals surface area contributed by atoms with Crippen LogP contribution >= 0.6 is 0 Å². The molecule has 1 aliphatic carbocycles. The van der Waals surface area contributed by atoms with Crippen LogP contribution in [0.25, 0.3) is 0 Å². The summed E-state index contributed by atoms with van der Waals surface area (Å²) in [6.07, 6.45) is 4.82. The number of benzene rings is 1. The standard InChI is InChI=1S/C14H22N2O4S/c1-19-14-10-12(6-7-13(14)15)21(17,18)16-8-9-20-11-4-2-3-5-11/h6-7,10-11,16H,2-5,8-9,15H2,1H3. The number of rotatable bonds is 7. The summed E-state index contributed by atoms with van der Waals surface area (Å²) in [4.78, 5) is 0.134. The zero-order valence-corrected chi connectivity index (χ0v) is 13.0. The summed E-state index contributed by atoms with van der Waals surface area (Å²) < 4.78 is 37.5. The van der Waals surface area contributed by atoms with Crippen molar-refractivity contribution < 1.29 is 17.9 Å². The summed E-state index contributed by atoms with van der Waals surface area (Å²) in [6.45, 7) is 0.640. The van der Waals surface area contributed by atoms with Crippen molar-refractivity contribution in [2.45, 2.75) is 36.7 Å². The second-order valence-electron chi connectivity index (χ2n) is 5.08. The molecule has 0 aliphatic heterocycles. The first kappa shape index (κ1) is 16.1. The van der Waals surface area contributed by atoms with Crippen LogP contribution in [0.5, 0.6) is 5.75 Å². The Morgan fingerprint density at radius 1 is 1.33 bits per heavy atom. The number of nitrogens with one attached hydrogen (secondary N) is 1. The Labute approximate surface area is 125 Å². The summed E-state index contributed by atoms with van der Waals surface area (Å²) in [7, 11) is -2.12. The molecule has 0 unspecified atom stereocenters. The van der Waals surface area contributed by atoms with Gasteiger partial charge in [0.2, 0.25) is 10.0 Å². The highest BCUT2D eigenvalue weighted by Gasteiger charge is 2.17. The molecule has 0 heterocycles.